The average Bonchev–Trinajstić information content (AvgIpc) is 3.04. The number of fused-ring (bicyclic) bond motifs is 1. The first-order valence-electron chi connectivity index (χ1n) is 8.93. The molecule has 0 radical (unpaired) electrons. The molecule has 0 bridgehead atoms. The van der Waals surface area contributed by atoms with Crippen LogP contribution in [0.2, 0.25) is 0 Å². The average molecular weight is 393 g/mol. The summed E-state index contributed by atoms with van der Waals surface area (Å²) in [6.07, 6.45) is 5.90. The van der Waals surface area contributed by atoms with Crippen molar-refractivity contribution in [2.45, 2.75) is 20.3 Å². The van der Waals surface area contributed by atoms with Gasteiger partial charge in [0.2, 0.25) is 0 Å². The van der Waals surface area contributed by atoms with Crippen molar-refractivity contribution in [1.29, 1.82) is 0 Å². The summed E-state index contributed by atoms with van der Waals surface area (Å²) in [5, 5.41) is 9.99. The second kappa shape index (κ2) is 8.47. The highest BCUT2D eigenvalue weighted by Crippen LogP contribution is 2.18. The van der Waals surface area contributed by atoms with Crippen LogP contribution in [0.1, 0.15) is 28.5 Å². The Hall–Kier alpha value is -3.81. The molecular weight excluding hydrogens is 373 g/mol. The number of aromatic carboxylic acids is 1. The predicted octanol–water partition coefficient (Wildman–Crippen LogP) is 3.60. The molecule has 0 spiro atoms. The zero-order valence-electron chi connectivity index (χ0n) is 16.0. The van der Waals surface area contributed by atoms with Gasteiger partial charge in [-0.25, -0.2) is 24.1 Å². The van der Waals surface area contributed by atoms with E-state index >= 15 is 0 Å². The van der Waals surface area contributed by atoms with Crippen molar-refractivity contribution in [3.05, 3.63) is 77.6 Å². The summed E-state index contributed by atoms with van der Waals surface area (Å²) in [7, 11) is 0. The molecule has 3 N–H and O–H groups in total. The second-order valence-electron chi connectivity index (χ2n) is 6.30. The molecule has 0 saturated carbocycles. The van der Waals surface area contributed by atoms with Crippen molar-refractivity contribution >= 4 is 17.0 Å². The third kappa shape index (κ3) is 4.37. The summed E-state index contributed by atoms with van der Waals surface area (Å²) < 4.78 is 14.6. The van der Waals surface area contributed by atoms with Crippen LogP contribution in [0.4, 0.5) is 4.39 Å². The molecule has 0 saturated heterocycles. The fraction of sp³-hybridized carbons (Fsp3) is 0.143. The number of halogens is 1. The van der Waals surface area contributed by atoms with Crippen molar-refractivity contribution < 1.29 is 14.3 Å². The molecule has 4 rings (SSSR count). The molecule has 0 aliphatic carbocycles. The lowest BCUT2D eigenvalue weighted by molar-refractivity contribution is 0.0695. The van der Waals surface area contributed by atoms with Crippen molar-refractivity contribution in [3.63, 3.8) is 0 Å². The lowest BCUT2D eigenvalue weighted by Gasteiger charge is -2.03. The maximum Gasteiger partial charge on any atom is 0.339 e. The molecule has 3 aromatic heterocycles. The van der Waals surface area contributed by atoms with Gasteiger partial charge < -0.3 is 10.9 Å². The van der Waals surface area contributed by atoms with Crippen LogP contribution in [0.5, 0.6) is 0 Å². The number of aryl methyl sites for hydroxylation is 2. The lowest BCUT2D eigenvalue weighted by Crippen LogP contribution is -2.05. The molecule has 0 amide bonds. The highest BCUT2D eigenvalue weighted by atomic mass is 19.1. The van der Waals surface area contributed by atoms with E-state index in [1.54, 1.807) is 29.9 Å². The number of carboxylic acids is 1. The lowest BCUT2D eigenvalue weighted by atomic mass is 10.2. The van der Waals surface area contributed by atoms with Crippen LogP contribution >= 0.6 is 0 Å². The Morgan fingerprint density at radius 2 is 2.03 bits per heavy atom. The number of carbonyl (C=O) groups is 1. The highest BCUT2D eigenvalue weighted by molar-refractivity contribution is 5.88. The van der Waals surface area contributed by atoms with Crippen LogP contribution < -0.4 is 5.84 Å². The summed E-state index contributed by atoms with van der Waals surface area (Å²) in [5.74, 6) is 4.56. The number of hydrogen-bond donors (Lipinski definition) is 2. The standard InChI is InChI=1S/C12H9FN2O2.C9H11N3/c1-7-10(12(16)17)6-14-11(15-7)8-3-2-4-9(13)5-8;1-2-7-6-12(10)9-8(7)4-3-5-11-9/h2-6H,1H3,(H,16,17);3-6H,2,10H2,1H3. The van der Waals surface area contributed by atoms with E-state index in [0.29, 0.717) is 17.1 Å². The minimum Gasteiger partial charge on any atom is -0.478 e. The van der Waals surface area contributed by atoms with Crippen molar-refractivity contribution in [2.75, 3.05) is 5.84 Å². The van der Waals surface area contributed by atoms with Gasteiger partial charge in [-0.15, -0.1) is 0 Å². The Bertz CT molecular complexity index is 1170. The van der Waals surface area contributed by atoms with Gasteiger partial charge in [0.1, 0.15) is 5.82 Å². The molecule has 7 nitrogen and oxygen atoms in total. The highest BCUT2D eigenvalue weighted by Gasteiger charge is 2.11. The Morgan fingerprint density at radius 3 is 2.69 bits per heavy atom. The van der Waals surface area contributed by atoms with Gasteiger partial charge in [-0.05, 0) is 43.2 Å². The quantitative estimate of drug-likeness (QED) is 0.515. The van der Waals surface area contributed by atoms with Gasteiger partial charge in [-0.1, -0.05) is 19.1 Å². The van der Waals surface area contributed by atoms with Gasteiger partial charge in [0.25, 0.3) is 0 Å². The minimum absolute atomic E-state index is 0.0464. The molecule has 0 aliphatic heterocycles. The van der Waals surface area contributed by atoms with Crippen molar-refractivity contribution in [3.8, 4) is 11.4 Å². The molecule has 148 valence electrons. The first-order valence-corrected chi connectivity index (χ1v) is 8.93. The topological polar surface area (TPSA) is 107 Å². The maximum absolute atomic E-state index is 13.0. The van der Waals surface area contributed by atoms with E-state index in [9.17, 15) is 9.18 Å². The van der Waals surface area contributed by atoms with Gasteiger partial charge in [-0.3, -0.25) is 4.68 Å². The van der Waals surface area contributed by atoms with E-state index in [1.807, 2.05) is 18.3 Å². The number of nitrogens with two attached hydrogens (primary N) is 1. The SMILES string of the molecule is CCc1cn(N)c2ncccc12.Cc1nc(-c2cccc(F)c2)ncc1C(=O)O. The predicted molar refractivity (Wildman–Crippen MR) is 108 cm³/mol. The minimum atomic E-state index is -1.08. The molecule has 3 heterocycles. The molecule has 29 heavy (non-hydrogen) atoms. The van der Waals surface area contributed by atoms with E-state index < -0.39 is 5.97 Å². The maximum atomic E-state index is 13.0. The molecule has 1 aromatic carbocycles. The number of aromatic nitrogens is 4. The molecule has 0 aliphatic rings. The Morgan fingerprint density at radius 1 is 1.24 bits per heavy atom. The van der Waals surface area contributed by atoms with Gasteiger partial charge in [-0.2, -0.15) is 0 Å². The molecule has 4 aromatic rings. The first kappa shape index (κ1) is 19.9. The van der Waals surface area contributed by atoms with Gasteiger partial charge in [0.05, 0.1) is 11.3 Å². The van der Waals surface area contributed by atoms with E-state index in [2.05, 4.69) is 21.9 Å². The molecule has 0 atom stereocenters. The molecule has 0 fully saturated rings. The summed E-state index contributed by atoms with van der Waals surface area (Å²) in [6.45, 7) is 3.69. The summed E-state index contributed by atoms with van der Waals surface area (Å²) in [4.78, 5) is 22.9. The molecule has 0 unspecified atom stereocenters. The van der Waals surface area contributed by atoms with Crippen LogP contribution in [0.25, 0.3) is 22.4 Å². The summed E-state index contributed by atoms with van der Waals surface area (Å²) in [5.41, 5.74) is 3.02. The fourth-order valence-corrected chi connectivity index (χ4v) is 2.88. The number of hydrogen-bond acceptors (Lipinski definition) is 5. The molecule has 8 heteroatoms. The number of carboxylic acid groups (broad SMARTS) is 1. The number of pyridine rings is 1. The zero-order chi connectivity index (χ0) is 21.0. The van der Waals surface area contributed by atoms with E-state index in [-0.39, 0.29) is 11.4 Å². The van der Waals surface area contributed by atoms with Gasteiger partial charge in [0.15, 0.2) is 11.5 Å². The van der Waals surface area contributed by atoms with E-state index in [4.69, 9.17) is 10.9 Å². The van der Waals surface area contributed by atoms with E-state index in [0.717, 1.165) is 17.5 Å². The third-order valence-electron chi connectivity index (χ3n) is 4.35. The number of benzene rings is 1. The Kier molecular flexibility index (Phi) is 5.82. The van der Waals surface area contributed by atoms with Crippen LogP contribution in [0.15, 0.2) is 55.0 Å². The van der Waals surface area contributed by atoms with Crippen LogP contribution in [0.3, 0.4) is 0 Å². The largest absolute Gasteiger partial charge is 0.478 e. The zero-order valence-corrected chi connectivity index (χ0v) is 16.0. The normalized spacial score (nSPS) is 10.4. The Balaban J connectivity index is 0.000000176. The molecular formula is C21H20FN5O2. The van der Waals surface area contributed by atoms with Crippen LogP contribution in [-0.4, -0.2) is 30.7 Å². The fourth-order valence-electron chi connectivity index (χ4n) is 2.88. The number of nitrogen functional groups attached to an aromatic ring is 1. The first-order chi connectivity index (χ1) is 13.9. The van der Waals surface area contributed by atoms with Crippen molar-refractivity contribution in [1.82, 2.24) is 19.6 Å². The van der Waals surface area contributed by atoms with Crippen LogP contribution in [-0.2, 0) is 6.42 Å². The smallest absolute Gasteiger partial charge is 0.339 e. The number of nitrogens with zero attached hydrogens (tertiary/aromatic N) is 4. The monoisotopic (exact) mass is 393 g/mol. The second-order valence-corrected chi connectivity index (χ2v) is 6.30. The van der Waals surface area contributed by atoms with Crippen molar-refractivity contribution in [2.24, 2.45) is 0 Å². The van der Waals surface area contributed by atoms with Gasteiger partial charge in [0, 0.05) is 29.5 Å². The van der Waals surface area contributed by atoms with E-state index in [1.165, 1.54) is 23.9 Å². The number of rotatable bonds is 3. The Labute approximate surface area is 166 Å². The third-order valence-corrected chi connectivity index (χ3v) is 4.35. The summed E-state index contributed by atoms with van der Waals surface area (Å²) in [6, 6.07) is 9.82. The summed E-state index contributed by atoms with van der Waals surface area (Å²) >= 11 is 0. The van der Waals surface area contributed by atoms with Gasteiger partial charge >= 0.3 is 5.97 Å². The van der Waals surface area contributed by atoms with Crippen LogP contribution in [0, 0.1) is 12.7 Å².